The van der Waals surface area contributed by atoms with Gasteiger partial charge in [-0.15, -0.1) is 0 Å². The Morgan fingerprint density at radius 1 is 1.11 bits per heavy atom. The number of sulfone groups is 1. The highest BCUT2D eigenvalue weighted by atomic mass is 32.2. The summed E-state index contributed by atoms with van der Waals surface area (Å²) in [6.45, 7) is 3.54. The van der Waals surface area contributed by atoms with Crippen molar-refractivity contribution in [2.75, 3.05) is 58.2 Å². The summed E-state index contributed by atoms with van der Waals surface area (Å²) >= 11 is 0. The fourth-order valence-corrected chi connectivity index (χ4v) is 3.46. The van der Waals surface area contributed by atoms with Gasteiger partial charge >= 0.3 is 0 Å². The van der Waals surface area contributed by atoms with Crippen molar-refractivity contribution in [2.24, 2.45) is 0 Å². The molecule has 18 heavy (non-hydrogen) atoms. The van der Waals surface area contributed by atoms with E-state index in [9.17, 15) is 8.42 Å². The third kappa shape index (κ3) is 7.27. The molecule has 0 saturated carbocycles. The van der Waals surface area contributed by atoms with Crippen LogP contribution in [0.15, 0.2) is 0 Å². The minimum atomic E-state index is -2.79. The largest absolute Gasteiger partial charge is 0.382 e. The molecule has 0 aromatic carbocycles. The third-order valence-electron chi connectivity index (χ3n) is 2.72. The Morgan fingerprint density at radius 2 is 1.78 bits per heavy atom. The fraction of sp³-hybridized carbons (Fsp3) is 1.00. The molecule has 1 saturated heterocycles. The minimum absolute atomic E-state index is 0.0940. The van der Waals surface area contributed by atoms with Gasteiger partial charge in [-0.25, -0.2) is 8.42 Å². The standard InChI is InChI=1S/C11H23NO5S/c1-15-5-6-17-8-7-16-4-3-12-11-2-9-18(13,14)10-11/h11-12H,2-10H2,1H3. The van der Waals surface area contributed by atoms with Crippen molar-refractivity contribution in [3.63, 3.8) is 0 Å². The van der Waals surface area contributed by atoms with Gasteiger partial charge in [0.1, 0.15) is 0 Å². The Kier molecular flexibility index (Phi) is 7.76. The minimum Gasteiger partial charge on any atom is -0.382 e. The molecule has 0 aliphatic carbocycles. The number of nitrogens with one attached hydrogen (secondary N) is 1. The average molecular weight is 281 g/mol. The van der Waals surface area contributed by atoms with Gasteiger partial charge in [0.2, 0.25) is 0 Å². The van der Waals surface area contributed by atoms with Crippen molar-refractivity contribution >= 4 is 9.84 Å². The van der Waals surface area contributed by atoms with Crippen molar-refractivity contribution < 1.29 is 22.6 Å². The van der Waals surface area contributed by atoms with Crippen LogP contribution in [-0.2, 0) is 24.0 Å². The molecule has 1 aliphatic rings. The number of ether oxygens (including phenoxy) is 3. The van der Waals surface area contributed by atoms with Gasteiger partial charge in [-0.3, -0.25) is 0 Å². The first-order chi connectivity index (χ1) is 8.64. The van der Waals surface area contributed by atoms with Crippen molar-refractivity contribution in [2.45, 2.75) is 12.5 Å². The smallest absolute Gasteiger partial charge is 0.151 e. The highest BCUT2D eigenvalue weighted by Gasteiger charge is 2.26. The molecule has 0 aromatic rings. The Morgan fingerprint density at radius 3 is 2.39 bits per heavy atom. The second-order valence-electron chi connectivity index (χ2n) is 4.27. The van der Waals surface area contributed by atoms with Gasteiger partial charge in [-0.05, 0) is 6.42 Å². The number of methoxy groups -OCH3 is 1. The van der Waals surface area contributed by atoms with E-state index < -0.39 is 9.84 Å². The summed E-state index contributed by atoms with van der Waals surface area (Å²) in [6, 6.07) is 0.0940. The van der Waals surface area contributed by atoms with E-state index in [1.54, 1.807) is 7.11 Å². The summed E-state index contributed by atoms with van der Waals surface area (Å²) in [5.74, 6) is 0.562. The summed E-state index contributed by atoms with van der Waals surface area (Å²) in [5, 5.41) is 3.18. The first-order valence-corrected chi connectivity index (χ1v) is 8.04. The zero-order chi connectivity index (χ0) is 13.3. The third-order valence-corrected chi connectivity index (χ3v) is 4.48. The van der Waals surface area contributed by atoms with E-state index in [2.05, 4.69) is 5.32 Å². The molecule has 1 N–H and O–H groups in total. The quantitative estimate of drug-likeness (QED) is 0.541. The highest BCUT2D eigenvalue weighted by Crippen LogP contribution is 2.10. The molecule has 1 aliphatic heterocycles. The molecule has 6 nitrogen and oxygen atoms in total. The van der Waals surface area contributed by atoms with E-state index in [0.717, 1.165) is 0 Å². The SMILES string of the molecule is COCCOCCOCCNC1CCS(=O)(=O)C1. The molecule has 0 radical (unpaired) electrons. The summed E-state index contributed by atoms with van der Waals surface area (Å²) in [7, 11) is -1.16. The maximum atomic E-state index is 11.2. The molecule has 1 atom stereocenters. The summed E-state index contributed by atoms with van der Waals surface area (Å²) in [5.41, 5.74) is 0. The first-order valence-electron chi connectivity index (χ1n) is 6.22. The van der Waals surface area contributed by atoms with Gasteiger partial charge in [0.25, 0.3) is 0 Å². The molecule has 0 aromatic heterocycles. The Labute approximate surface area is 109 Å². The van der Waals surface area contributed by atoms with Crippen LogP contribution in [0, 0.1) is 0 Å². The average Bonchev–Trinajstić information content (AvgIpc) is 2.67. The van der Waals surface area contributed by atoms with Crippen LogP contribution in [0.3, 0.4) is 0 Å². The van der Waals surface area contributed by atoms with Gasteiger partial charge in [0.05, 0.1) is 44.5 Å². The van der Waals surface area contributed by atoms with E-state index in [0.29, 0.717) is 51.8 Å². The van der Waals surface area contributed by atoms with Gasteiger partial charge in [0.15, 0.2) is 9.84 Å². The molecule has 7 heteroatoms. The predicted octanol–water partition coefficient (Wildman–Crippen LogP) is -0.557. The lowest BCUT2D eigenvalue weighted by molar-refractivity contribution is 0.0253. The molecular formula is C11H23NO5S. The lowest BCUT2D eigenvalue weighted by atomic mass is 10.3. The topological polar surface area (TPSA) is 73.9 Å². The monoisotopic (exact) mass is 281 g/mol. The van der Waals surface area contributed by atoms with Crippen LogP contribution >= 0.6 is 0 Å². The lowest BCUT2D eigenvalue weighted by Gasteiger charge is -2.10. The van der Waals surface area contributed by atoms with E-state index >= 15 is 0 Å². The Balaban J connectivity index is 1.85. The van der Waals surface area contributed by atoms with Crippen LogP contribution in [-0.4, -0.2) is 72.7 Å². The number of rotatable bonds is 10. The summed E-state index contributed by atoms with van der Waals surface area (Å²) in [4.78, 5) is 0. The number of hydrogen-bond acceptors (Lipinski definition) is 6. The predicted molar refractivity (Wildman–Crippen MR) is 68.6 cm³/mol. The zero-order valence-electron chi connectivity index (χ0n) is 10.9. The van der Waals surface area contributed by atoms with E-state index in [1.165, 1.54) is 0 Å². The van der Waals surface area contributed by atoms with Gasteiger partial charge < -0.3 is 19.5 Å². The van der Waals surface area contributed by atoms with Crippen molar-refractivity contribution in [1.82, 2.24) is 5.32 Å². The van der Waals surface area contributed by atoms with E-state index in [1.807, 2.05) is 0 Å². The molecule has 1 heterocycles. The molecule has 1 fully saturated rings. The Bertz CT molecular complexity index is 307. The van der Waals surface area contributed by atoms with Crippen molar-refractivity contribution in [3.8, 4) is 0 Å². The zero-order valence-corrected chi connectivity index (χ0v) is 11.7. The van der Waals surface area contributed by atoms with E-state index in [-0.39, 0.29) is 11.8 Å². The molecule has 108 valence electrons. The van der Waals surface area contributed by atoms with Crippen LogP contribution in [0.1, 0.15) is 6.42 Å². The number of hydrogen-bond donors (Lipinski definition) is 1. The highest BCUT2D eigenvalue weighted by molar-refractivity contribution is 7.91. The van der Waals surface area contributed by atoms with Gasteiger partial charge in [0, 0.05) is 19.7 Å². The molecule has 1 unspecified atom stereocenters. The van der Waals surface area contributed by atoms with Crippen LogP contribution in [0.25, 0.3) is 0 Å². The van der Waals surface area contributed by atoms with Crippen LogP contribution in [0.2, 0.25) is 0 Å². The van der Waals surface area contributed by atoms with Crippen LogP contribution < -0.4 is 5.32 Å². The van der Waals surface area contributed by atoms with E-state index in [4.69, 9.17) is 14.2 Å². The molecular weight excluding hydrogens is 258 g/mol. The van der Waals surface area contributed by atoms with Crippen molar-refractivity contribution in [3.05, 3.63) is 0 Å². The fourth-order valence-electron chi connectivity index (χ4n) is 1.76. The summed E-state index contributed by atoms with van der Waals surface area (Å²) < 4.78 is 37.8. The second kappa shape index (κ2) is 8.82. The van der Waals surface area contributed by atoms with Gasteiger partial charge in [-0.1, -0.05) is 0 Å². The lowest BCUT2D eigenvalue weighted by Crippen LogP contribution is -2.33. The molecule has 0 spiro atoms. The first kappa shape index (κ1) is 15.8. The van der Waals surface area contributed by atoms with Crippen molar-refractivity contribution in [1.29, 1.82) is 0 Å². The summed E-state index contributed by atoms with van der Waals surface area (Å²) in [6.07, 6.45) is 0.711. The maximum Gasteiger partial charge on any atom is 0.151 e. The van der Waals surface area contributed by atoms with Crippen LogP contribution in [0.4, 0.5) is 0 Å². The maximum absolute atomic E-state index is 11.2. The Hall–Kier alpha value is -0.210. The normalized spacial score (nSPS) is 22.4. The molecule has 0 amide bonds. The van der Waals surface area contributed by atoms with Gasteiger partial charge in [-0.2, -0.15) is 0 Å². The van der Waals surface area contributed by atoms with Crippen LogP contribution in [0.5, 0.6) is 0 Å². The second-order valence-corrected chi connectivity index (χ2v) is 6.50. The molecule has 0 bridgehead atoms. The molecule has 1 rings (SSSR count).